The quantitative estimate of drug-likeness (QED) is 0.350. The van der Waals surface area contributed by atoms with Gasteiger partial charge < -0.3 is 19.8 Å². The number of hydrogen-bond acceptors (Lipinski definition) is 4. The normalized spacial score (nSPS) is 26.4. The third-order valence-electron chi connectivity index (χ3n) is 7.04. The van der Waals surface area contributed by atoms with Gasteiger partial charge in [0.25, 0.3) is 0 Å². The van der Waals surface area contributed by atoms with Crippen molar-refractivity contribution < 1.29 is 14.9 Å². The smallest absolute Gasteiger partial charge is 0.119 e. The fourth-order valence-electron chi connectivity index (χ4n) is 5.21. The lowest BCUT2D eigenvalue weighted by Gasteiger charge is -2.19. The minimum absolute atomic E-state index is 0.132. The Morgan fingerprint density at radius 3 is 2.65 bits per heavy atom. The van der Waals surface area contributed by atoms with Crippen molar-refractivity contribution in [1.82, 2.24) is 4.90 Å². The van der Waals surface area contributed by atoms with Crippen molar-refractivity contribution in [2.24, 2.45) is 17.8 Å². The Kier molecular flexibility index (Phi) is 9.63. The first-order chi connectivity index (χ1) is 15.1. The molecule has 0 heterocycles. The number of ether oxygens (including phenoxy) is 1. The number of unbranched alkanes of at least 4 members (excludes halogenated alkanes) is 2. The molecule has 5 atom stereocenters. The predicted octanol–water partition coefficient (Wildman–Crippen LogP) is 4.83. The van der Waals surface area contributed by atoms with Crippen LogP contribution in [-0.2, 0) is 0 Å². The summed E-state index contributed by atoms with van der Waals surface area (Å²) in [7, 11) is 0. The van der Waals surface area contributed by atoms with Crippen molar-refractivity contribution in [2.75, 3.05) is 26.2 Å². The number of allylic oxidation sites excluding steroid dienone is 2. The molecule has 1 saturated carbocycles. The number of rotatable bonds is 13. The minimum Gasteiger partial charge on any atom is -0.491 e. The van der Waals surface area contributed by atoms with E-state index in [1.165, 1.54) is 32.2 Å². The third kappa shape index (κ3) is 7.20. The molecule has 0 amide bonds. The Bertz CT molecular complexity index is 698. The molecule has 0 radical (unpaired) electrons. The zero-order valence-corrected chi connectivity index (χ0v) is 19.3. The van der Waals surface area contributed by atoms with Crippen LogP contribution < -0.4 is 4.74 Å². The second-order valence-corrected chi connectivity index (χ2v) is 9.15. The zero-order chi connectivity index (χ0) is 22.1. The Labute approximate surface area is 188 Å². The van der Waals surface area contributed by atoms with E-state index in [1.54, 1.807) is 5.57 Å². The fourth-order valence-corrected chi connectivity index (χ4v) is 5.21. The van der Waals surface area contributed by atoms with Crippen molar-refractivity contribution in [1.29, 1.82) is 0 Å². The van der Waals surface area contributed by atoms with Crippen molar-refractivity contribution in [3.63, 3.8) is 0 Å². The average Bonchev–Trinajstić information content (AvgIpc) is 3.30. The number of nitrogens with zero attached hydrogens (tertiary/aromatic N) is 1. The van der Waals surface area contributed by atoms with Crippen LogP contribution in [0, 0.1) is 17.8 Å². The van der Waals surface area contributed by atoms with E-state index in [0.717, 1.165) is 31.7 Å². The molecule has 0 saturated heterocycles. The Hall–Kier alpha value is -1.62. The third-order valence-corrected chi connectivity index (χ3v) is 7.04. The highest BCUT2D eigenvalue weighted by molar-refractivity contribution is 5.22. The van der Waals surface area contributed by atoms with Gasteiger partial charge in [0.15, 0.2) is 0 Å². The van der Waals surface area contributed by atoms with Gasteiger partial charge >= 0.3 is 0 Å². The SMILES string of the molecule is CCN(CC)CCCCCC1=C[C@H]2C[C@@H](O)[C@H](/C=C/[C@@H](O)COc3ccccc3)[C@H]2C1. The van der Waals surface area contributed by atoms with Crippen LogP contribution in [0.5, 0.6) is 5.75 Å². The maximum Gasteiger partial charge on any atom is 0.119 e. The molecule has 172 valence electrons. The number of para-hydroxylation sites is 1. The van der Waals surface area contributed by atoms with E-state index in [1.807, 2.05) is 42.5 Å². The predicted molar refractivity (Wildman–Crippen MR) is 127 cm³/mol. The zero-order valence-electron chi connectivity index (χ0n) is 19.3. The number of aliphatic hydroxyl groups excluding tert-OH is 2. The van der Waals surface area contributed by atoms with E-state index in [-0.39, 0.29) is 18.6 Å². The number of benzene rings is 1. The molecule has 1 fully saturated rings. The molecule has 0 spiro atoms. The molecule has 1 aromatic rings. The molecule has 4 heteroatoms. The van der Waals surface area contributed by atoms with Gasteiger partial charge in [0.05, 0.1) is 6.10 Å². The van der Waals surface area contributed by atoms with Gasteiger partial charge in [-0.1, -0.05) is 62.3 Å². The fraction of sp³-hybridized carbons (Fsp3) is 0.630. The van der Waals surface area contributed by atoms with Crippen LogP contribution in [0.25, 0.3) is 0 Å². The number of aliphatic hydroxyl groups is 2. The van der Waals surface area contributed by atoms with Crippen molar-refractivity contribution >= 4 is 0 Å². The van der Waals surface area contributed by atoms with Crippen LogP contribution in [0.2, 0.25) is 0 Å². The summed E-state index contributed by atoms with van der Waals surface area (Å²) in [5.41, 5.74) is 1.58. The van der Waals surface area contributed by atoms with Crippen molar-refractivity contribution in [3.8, 4) is 5.75 Å². The first-order valence-electron chi connectivity index (χ1n) is 12.2. The molecule has 0 bridgehead atoms. The van der Waals surface area contributed by atoms with Gasteiger partial charge in [-0.3, -0.25) is 0 Å². The molecule has 2 N–H and O–H groups in total. The maximum atomic E-state index is 10.5. The molecule has 2 aliphatic carbocycles. The highest BCUT2D eigenvalue weighted by Crippen LogP contribution is 2.48. The van der Waals surface area contributed by atoms with Crippen LogP contribution in [0.1, 0.15) is 52.4 Å². The summed E-state index contributed by atoms with van der Waals surface area (Å²) in [4.78, 5) is 2.50. The number of hydrogen-bond donors (Lipinski definition) is 2. The van der Waals surface area contributed by atoms with Gasteiger partial charge in [0.2, 0.25) is 0 Å². The van der Waals surface area contributed by atoms with Gasteiger partial charge in [-0.05, 0) is 75.7 Å². The molecule has 0 aromatic heterocycles. The summed E-state index contributed by atoms with van der Waals surface area (Å²) in [6, 6.07) is 9.55. The molecule has 2 aliphatic rings. The van der Waals surface area contributed by atoms with Gasteiger partial charge in [-0.2, -0.15) is 0 Å². The molecule has 31 heavy (non-hydrogen) atoms. The highest BCUT2D eigenvalue weighted by atomic mass is 16.5. The lowest BCUT2D eigenvalue weighted by molar-refractivity contribution is 0.133. The van der Waals surface area contributed by atoms with E-state index in [9.17, 15) is 10.2 Å². The summed E-state index contributed by atoms with van der Waals surface area (Å²) in [6.07, 6.45) is 12.3. The van der Waals surface area contributed by atoms with Crippen molar-refractivity contribution in [2.45, 2.75) is 64.6 Å². The first kappa shape index (κ1) is 24.0. The van der Waals surface area contributed by atoms with Crippen molar-refractivity contribution in [3.05, 3.63) is 54.1 Å². The van der Waals surface area contributed by atoms with Crippen LogP contribution in [0.15, 0.2) is 54.1 Å². The summed E-state index contributed by atoms with van der Waals surface area (Å²) < 4.78 is 5.63. The Morgan fingerprint density at radius 2 is 1.90 bits per heavy atom. The topological polar surface area (TPSA) is 52.9 Å². The van der Waals surface area contributed by atoms with Gasteiger partial charge in [-0.15, -0.1) is 0 Å². The highest BCUT2D eigenvalue weighted by Gasteiger charge is 2.43. The van der Waals surface area contributed by atoms with E-state index in [4.69, 9.17) is 4.74 Å². The summed E-state index contributed by atoms with van der Waals surface area (Å²) in [6.45, 7) is 8.21. The lowest BCUT2D eigenvalue weighted by atomic mass is 9.88. The largest absolute Gasteiger partial charge is 0.491 e. The molecule has 3 rings (SSSR count). The van der Waals surface area contributed by atoms with Gasteiger partial charge in [0.1, 0.15) is 18.5 Å². The standard InChI is InChI=1S/C27H41NO3/c1-3-28(4-2)16-10-6-7-11-21-17-22-19-27(30)25(26(22)18-21)15-14-23(29)20-31-24-12-8-5-9-13-24/h5,8-9,12-15,17,22-23,25-27,29-30H,3-4,6-7,10-11,16,18-20H2,1-2H3/b15-14+/t22-,23+,25+,26-,27+/m0/s1. The molecular weight excluding hydrogens is 386 g/mol. The molecule has 4 nitrogen and oxygen atoms in total. The van der Waals surface area contributed by atoms with E-state index in [2.05, 4.69) is 24.8 Å². The summed E-state index contributed by atoms with van der Waals surface area (Å²) >= 11 is 0. The molecule has 0 aliphatic heterocycles. The van der Waals surface area contributed by atoms with E-state index in [0.29, 0.717) is 11.8 Å². The molecule has 0 unspecified atom stereocenters. The first-order valence-corrected chi connectivity index (χ1v) is 12.2. The average molecular weight is 428 g/mol. The van der Waals surface area contributed by atoms with E-state index < -0.39 is 6.10 Å². The second kappa shape index (κ2) is 12.4. The van der Waals surface area contributed by atoms with Crippen LogP contribution >= 0.6 is 0 Å². The number of fused-ring (bicyclic) bond motifs is 1. The van der Waals surface area contributed by atoms with Gasteiger partial charge in [-0.25, -0.2) is 0 Å². The lowest BCUT2D eigenvalue weighted by Crippen LogP contribution is -2.23. The van der Waals surface area contributed by atoms with Crippen LogP contribution in [0.4, 0.5) is 0 Å². The Morgan fingerprint density at radius 1 is 1.13 bits per heavy atom. The minimum atomic E-state index is -0.661. The molecular formula is C27H41NO3. The maximum absolute atomic E-state index is 10.5. The second-order valence-electron chi connectivity index (χ2n) is 9.15. The van der Waals surface area contributed by atoms with E-state index >= 15 is 0 Å². The summed E-state index contributed by atoms with van der Waals surface area (Å²) in [5.74, 6) is 1.87. The Balaban J connectivity index is 1.39. The van der Waals surface area contributed by atoms with Crippen LogP contribution in [-0.4, -0.2) is 53.6 Å². The summed E-state index contributed by atoms with van der Waals surface area (Å²) in [5, 5.41) is 20.8. The van der Waals surface area contributed by atoms with Crippen LogP contribution in [0.3, 0.4) is 0 Å². The monoisotopic (exact) mass is 427 g/mol. The van der Waals surface area contributed by atoms with Gasteiger partial charge in [0, 0.05) is 5.92 Å². The molecule has 1 aromatic carbocycles.